The van der Waals surface area contributed by atoms with Crippen LogP contribution in [0.2, 0.25) is 5.02 Å². The first-order valence-corrected chi connectivity index (χ1v) is 13.1. The maximum Gasteiger partial charge on any atom is 0.253 e. The van der Waals surface area contributed by atoms with Gasteiger partial charge >= 0.3 is 0 Å². The second kappa shape index (κ2) is 10.0. The molecule has 0 aromatic heterocycles. The van der Waals surface area contributed by atoms with E-state index in [1.165, 1.54) is 16.4 Å². The first kappa shape index (κ1) is 24.0. The lowest BCUT2D eigenvalue weighted by molar-refractivity contribution is -0.0857. The van der Waals surface area contributed by atoms with Crippen LogP contribution in [0.3, 0.4) is 0 Å². The molecule has 4 rings (SSSR count). The Morgan fingerprint density at radius 2 is 1.73 bits per heavy atom. The molecular weight excluding hydrogens is 464 g/mol. The van der Waals surface area contributed by atoms with E-state index >= 15 is 0 Å². The number of unbranched alkanes of at least 4 members (excludes halogenated alkanes) is 1. The maximum atomic E-state index is 13.3. The molecule has 9 heteroatoms. The monoisotopic (exact) mass is 492 g/mol. The molecule has 2 aromatic carbocycles. The van der Waals surface area contributed by atoms with Gasteiger partial charge in [0.2, 0.25) is 10.0 Å². The summed E-state index contributed by atoms with van der Waals surface area (Å²) in [7, 11) is -3.74. The van der Waals surface area contributed by atoms with Crippen LogP contribution in [0.5, 0.6) is 5.75 Å². The Morgan fingerprint density at radius 3 is 2.36 bits per heavy atom. The number of rotatable bonds is 7. The second-order valence-electron chi connectivity index (χ2n) is 8.34. The lowest BCUT2D eigenvalue weighted by Crippen LogP contribution is -2.55. The molecule has 2 fully saturated rings. The number of nitrogens with zero attached hydrogens (tertiary/aromatic N) is 2. The Labute approximate surface area is 200 Å². The van der Waals surface area contributed by atoms with Gasteiger partial charge < -0.3 is 14.4 Å². The summed E-state index contributed by atoms with van der Waals surface area (Å²) < 4.78 is 39.7. The molecule has 2 aromatic rings. The summed E-state index contributed by atoms with van der Waals surface area (Å²) in [4.78, 5) is 15.0. The highest BCUT2D eigenvalue weighted by molar-refractivity contribution is 7.89. The molecule has 0 radical (unpaired) electrons. The van der Waals surface area contributed by atoms with Gasteiger partial charge in [0.25, 0.3) is 5.91 Å². The Balaban J connectivity index is 1.42. The number of halogens is 1. The number of hydrogen-bond donors (Lipinski definition) is 0. The molecule has 2 heterocycles. The molecule has 1 amide bonds. The molecule has 2 aliphatic rings. The minimum absolute atomic E-state index is 0.0740. The lowest BCUT2D eigenvalue weighted by Gasteiger charge is -2.42. The molecule has 0 saturated carbocycles. The Morgan fingerprint density at radius 1 is 1.06 bits per heavy atom. The van der Waals surface area contributed by atoms with Crippen molar-refractivity contribution in [2.75, 3.05) is 32.8 Å². The highest BCUT2D eigenvalue weighted by Crippen LogP contribution is 2.38. The minimum Gasteiger partial charge on any atom is -0.494 e. The van der Waals surface area contributed by atoms with Crippen molar-refractivity contribution in [2.45, 2.75) is 43.2 Å². The molecule has 0 atom stereocenters. The van der Waals surface area contributed by atoms with Crippen LogP contribution in [0.15, 0.2) is 53.4 Å². The number of ether oxygens (including phenoxy) is 2. The largest absolute Gasteiger partial charge is 0.494 e. The van der Waals surface area contributed by atoms with Crippen molar-refractivity contribution in [3.8, 4) is 5.75 Å². The topological polar surface area (TPSA) is 76.2 Å². The van der Waals surface area contributed by atoms with Gasteiger partial charge in [-0.05, 0) is 55.0 Å². The fraction of sp³-hybridized carbons (Fsp3) is 0.458. The third-order valence-corrected chi connectivity index (χ3v) is 8.44. The SMILES string of the molecule is CCCCOc1ccc(C(=O)N2CCC3(CC2)OCCN3S(=O)(=O)c2ccc(Cl)cc2)cc1. The van der Waals surface area contributed by atoms with Crippen molar-refractivity contribution in [3.05, 3.63) is 59.1 Å². The Bertz CT molecular complexity index is 1070. The van der Waals surface area contributed by atoms with E-state index < -0.39 is 15.7 Å². The predicted molar refractivity (Wildman–Crippen MR) is 126 cm³/mol. The number of carbonyl (C=O) groups is 1. The summed E-state index contributed by atoms with van der Waals surface area (Å²) in [5, 5.41) is 0.480. The predicted octanol–water partition coefficient (Wildman–Crippen LogP) is 4.17. The summed E-state index contributed by atoms with van der Waals surface area (Å²) in [5.74, 6) is 0.676. The molecule has 33 heavy (non-hydrogen) atoms. The van der Waals surface area contributed by atoms with Gasteiger partial charge in [0.15, 0.2) is 0 Å². The van der Waals surface area contributed by atoms with E-state index in [2.05, 4.69) is 6.92 Å². The number of carbonyl (C=O) groups excluding carboxylic acids is 1. The highest BCUT2D eigenvalue weighted by atomic mass is 35.5. The van der Waals surface area contributed by atoms with Crippen LogP contribution in [0.4, 0.5) is 0 Å². The van der Waals surface area contributed by atoms with Gasteiger partial charge in [0, 0.05) is 43.1 Å². The molecule has 0 aliphatic carbocycles. The van der Waals surface area contributed by atoms with Crippen molar-refractivity contribution in [3.63, 3.8) is 0 Å². The zero-order valence-electron chi connectivity index (χ0n) is 18.7. The fourth-order valence-electron chi connectivity index (χ4n) is 4.33. The smallest absolute Gasteiger partial charge is 0.253 e. The number of hydrogen-bond acceptors (Lipinski definition) is 5. The van der Waals surface area contributed by atoms with E-state index in [4.69, 9.17) is 21.1 Å². The van der Waals surface area contributed by atoms with Crippen LogP contribution < -0.4 is 4.74 Å². The van der Waals surface area contributed by atoms with E-state index in [1.54, 1.807) is 29.2 Å². The molecule has 1 spiro atoms. The van der Waals surface area contributed by atoms with E-state index in [0.29, 0.717) is 56.3 Å². The van der Waals surface area contributed by atoms with E-state index in [0.717, 1.165) is 18.6 Å². The number of sulfonamides is 1. The summed E-state index contributed by atoms with van der Waals surface area (Å²) in [6, 6.07) is 13.3. The van der Waals surface area contributed by atoms with Crippen molar-refractivity contribution >= 4 is 27.5 Å². The van der Waals surface area contributed by atoms with Crippen LogP contribution in [-0.2, 0) is 14.8 Å². The van der Waals surface area contributed by atoms with Crippen LogP contribution in [0.25, 0.3) is 0 Å². The average Bonchev–Trinajstić information content (AvgIpc) is 3.24. The van der Waals surface area contributed by atoms with Crippen LogP contribution >= 0.6 is 11.6 Å². The molecule has 178 valence electrons. The summed E-state index contributed by atoms with van der Waals surface area (Å²) in [6.45, 7) is 4.23. The minimum atomic E-state index is -3.74. The lowest BCUT2D eigenvalue weighted by atomic mass is 10.00. The Hall–Kier alpha value is -2.13. The number of likely N-dealkylation sites (tertiary alicyclic amines) is 1. The van der Waals surface area contributed by atoms with Gasteiger partial charge in [-0.2, -0.15) is 4.31 Å². The molecule has 2 aliphatic heterocycles. The molecule has 7 nitrogen and oxygen atoms in total. The van der Waals surface area contributed by atoms with Gasteiger partial charge in [0.1, 0.15) is 11.5 Å². The molecular formula is C24H29ClN2O5S. The highest BCUT2D eigenvalue weighted by Gasteiger charge is 2.51. The maximum absolute atomic E-state index is 13.3. The van der Waals surface area contributed by atoms with Crippen molar-refractivity contribution in [1.82, 2.24) is 9.21 Å². The summed E-state index contributed by atoms with van der Waals surface area (Å²) in [5.41, 5.74) is -0.335. The quantitative estimate of drug-likeness (QED) is 0.542. The van der Waals surface area contributed by atoms with Gasteiger partial charge in [-0.25, -0.2) is 8.42 Å². The molecule has 0 N–H and O–H groups in total. The van der Waals surface area contributed by atoms with Crippen LogP contribution in [0.1, 0.15) is 43.0 Å². The normalized spacial score (nSPS) is 18.5. The average molecular weight is 493 g/mol. The van der Waals surface area contributed by atoms with Crippen molar-refractivity contribution < 1.29 is 22.7 Å². The standard InChI is InChI=1S/C24H29ClN2O5S/c1-2-3-17-31-21-8-4-19(5-9-21)23(28)26-14-12-24(13-15-26)27(16-18-32-24)33(29,30)22-10-6-20(25)7-11-22/h4-11H,2-3,12-18H2,1H3. The number of piperidine rings is 1. The van der Waals surface area contributed by atoms with E-state index in [1.807, 2.05) is 12.1 Å². The third-order valence-electron chi connectivity index (χ3n) is 6.22. The number of benzene rings is 2. The first-order valence-electron chi connectivity index (χ1n) is 11.3. The first-order chi connectivity index (χ1) is 15.9. The second-order valence-corrected chi connectivity index (χ2v) is 10.6. The summed E-state index contributed by atoms with van der Waals surface area (Å²) >= 11 is 5.92. The van der Waals surface area contributed by atoms with Gasteiger partial charge in [-0.15, -0.1) is 0 Å². The van der Waals surface area contributed by atoms with Crippen LogP contribution in [-0.4, -0.2) is 62.1 Å². The van der Waals surface area contributed by atoms with E-state index in [-0.39, 0.29) is 10.8 Å². The van der Waals surface area contributed by atoms with E-state index in [9.17, 15) is 13.2 Å². The third kappa shape index (κ3) is 5.04. The van der Waals surface area contributed by atoms with Gasteiger partial charge in [0.05, 0.1) is 18.1 Å². The van der Waals surface area contributed by atoms with Crippen molar-refractivity contribution in [2.24, 2.45) is 0 Å². The number of amides is 1. The van der Waals surface area contributed by atoms with Gasteiger partial charge in [-0.3, -0.25) is 4.79 Å². The molecule has 0 bridgehead atoms. The summed E-state index contributed by atoms with van der Waals surface area (Å²) in [6.07, 6.45) is 2.89. The van der Waals surface area contributed by atoms with Gasteiger partial charge in [-0.1, -0.05) is 24.9 Å². The molecule has 0 unspecified atom stereocenters. The zero-order valence-corrected chi connectivity index (χ0v) is 20.3. The van der Waals surface area contributed by atoms with Crippen LogP contribution in [0, 0.1) is 0 Å². The fourth-order valence-corrected chi connectivity index (χ4v) is 6.18. The van der Waals surface area contributed by atoms with Crippen molar-refractivity contribution in [1.29, 1.82) is 0 Å². The molecule has 2 saturated heterocycles. The Kier molecular flexibility index (Phi) is 7.28. The zero-order chi connectivity index (χ0) is 23.5.